The molecule has 0 spiro atoms. The van der Waals surface area contributed by atoms with E-state index in [-0.39, 0.29) is 24.6 Å². The molecule has 25 heavy (non-hydrogen) atoms. The van der Waals surface area contributed by atoms with Gasteiger partial charge in [-0.3, -0.25) is 9.59 Å². The minimum Gasteiger partial charge on any atom is -0.493 e. The Labute approximate surface area is 149 Å². The molecule has 2 amide bonds. The Morgan fingerprint density at radius 1 is 1.20 bits per heavy atom. The highest BCUT2D eigenvalue weighted by Crippen LogP contribution is 2.20. The molecule has 130 valence electrons. The Morgan fingerprint density at radius 2 is 2.00 bits per heavy atom. The minimum atomic E-state index is -0.613. The molecular weight excluding hydrogens is 347 g/mol. The molecule has 0 saturated heterocycles. The van der Waals surface area contributed by atoms with Gasteiger partial charge >= 0.3 is 0 Å². The fourth-order valence-electron chi connectivity index (χ4n) is 1.92. The first-order valence-corrected chi connectivity index (χ1v) is 7.77. The Kier molecular flexibility index (Phi) is 6.54. The molecule has 0 aliphatic heterocycles. The molecule has 5 nitrogen and oxygen atoms in total. The zero-order valence-electron chi connectivity index (χ0n) is 13.2. The third-order valence-electron chi connectivity index (χ3n) is 3.09. The number of hydrogen-bond acceptors (Lipinski definition) is 3. The van der Waals surface area contributed by atoms with Gasteiger partial charge in [-0.15, -0.1) is 0 Å². The molecular formula is C18H16ClFN2O3. The molecule has 7 heteroatoms. The molecule has 0 fully saturated rings. The number of rotatable bonds is 7. The van der Waals surface area contributed by atoms with Crippen LogP contribution < -0.4 is 15.4 Å². The van der Waals surface area contributed by atoms with E-state index < -0.39 is 11.7 Å². The van der Waals surface area contributed by atoms with E-state index >= 15 is 0 Å². The summed E-state index contributed by atoms with van der Waals surface area (Å²) in [6, 6.07) is 10.7. The molecule has 2 aromatic rings. The van der Waals surface area contributed by atoms with Crippen molar-refractivity contribution in [2.45, 2.75) is 6.42 Å². The number of carbonyl (C=O) groups is 2. The standard InChI is InChI=1S/C18H16ClFN2O3/c1-2-17(23)22-16-11-13(6-7-15(16)20)21-18(24)8-9-25-14-5-3-4-12(19)10-14/h2-7,10-11H,1,8-9H2,(H,21,24)(H,22,23). The first-order valence-electron chi connectivity index (χ1n) is 7.39. The quantitative estimate of drug-likeness (QED) is 0.731. The topological polar surface area (TPSA) is 67.4 Å². The largest absolute Gasteiger partial charge is 0.493 e. The maximum atomic E-state index is 13.6. The van der Waals surface area contributed by atoms with Crippen molar-refractivity contribution < 1.29 is 18.7 Å². The lowest BCUT2D eigenvalue weighted by molar-refractivity contribution is -0.116. The minimum absolute atomic E-state index is 0.0436. The van der Waals surface area contributed by atoms with Crippen molar-refractivity contribution in [1.29, 1.82) is 0 Å². The van der Waals surface area contributed by atoms with Crippen molar-refractivity contribution >= 4 is 34.8 Å². The maximum absolute atomic E-state index is 13.6. The van der Waals surface area contributed by atoms with Crippen LogP contribution in [0.25, 0.3) is 0 Å². The average molecular weight is 363 g/mol. The molecule has 0 atom stereocenters. The third-order valence-corrected chi connectivity index (χ3v) is 3.32. The molecule has 0 bridgehead atoms. The van der Waals surface area contributed by atoms with Crippen LogP contribution in [-0.4, -0.2) is 18.4 Å². The van der Waals surface area contributed by atoms with Crippen LogP contribution in [0, 0.1) is 5.82 Å². The number of benzene rings is 2. The lowest BCUT2D eigenvalue weighted by Gasteiger charge is -2.10. The normalized spacial score (nSPS) is 10.0. The van der Waals surface area contributed by atoms with Crippen molar-refractivity contribution in [2.24, 2.45) is 0 Å². The Morgan fingerprint density at radius 3 is 2.72 bits per heavy atom. The first-order chi connectivity index (χ1) is 12.0. The molecule has 2 aromatic carbocycles. The van der Waals surface area contributed by atoms with Gasteiger partial charge in [0.05, 0.1) is 18.7 Å². The van der Waals surface area contributed by atoms with Crippen molar-refractivity contribution in [2.75, 3.05) is 17.2 Å². The van der Waals surface area contributed by atoms with Crippen LogP contribution >= 0.6 is 11.6 Å². The number of nitrogens with one attached hydrogen (secondary N) is 2. The van der Waals surface area contributed by atoms with E-state index in [4.69, 9.17) is 16.3 Å². The number of anilines is 2. The smallest absolute Gasteiger partial charge is 0.247 e. The van der Waals surface area contributed by atoms with E-state index in [2.05, 4.69) is 17.2 Å². The SMILES string of the molecule is C=CC(=O)Nc1cc(NC(=O)CCOc2cccc(Cl)c2)ccc1F. The lowest BCUT2D eigenvalue weighted by atomic mass is 10.2. The van der Waals surface area contributed by atoms with Crippen LogP contribution in [0.5, 0.6) is 5.75 Å². The van der Waals surface area contributed by atoms with Crippen LogP contribution in [0.1, 0.15) is 6.42 Å². The van der Waals surface area contributed by atoms with E-state index in [9.17, 15) is 14.0 Å². The van der Waals surface area contributed by atoms with Crippen molar-refractivity contribution in [3.63, 3.8) is 0 Å². The molecule has 0 radical (unpaired) electrons. The summed E-state index contributed by atoms with van der Waals surface area (Å²) in [5, 5.41) is 5.48. The van der Waals surface area contributed by atoms with Gasteiger partial charge in [-0.25, -0.2) is 4.39 Å². The predicted molar refractivity (Wildman–Crippen MR) is 95.4 cm³/mol. The van der Waals surface area contributed by atoms with Gasteiger partial charge in [-0.1, -0.05) is 24.2 Å². The van der Waals surface area contributed by atoms with Crippen molar-refractivity contribution in [3.05, 3.63) is 66.0 Å². The Hall–Kier alpha value is -2.86. The summed E-state index contributed by atoms with van der Waals surface area (Å²) in [6.07, 6.45) is 1.12. The summed E-state index contributed by atoms with van der Waals surface area (Å²) in [5.41, 5.74) is 0.311. The molecule has 2 rings (SSSR count). The zero-order valence-corrected chi connectivity index (χ0v) is 14.0. The van der Waals surface area contributed by atoms with E-state index in [1.54, 1.807) is 24.3 Å². The Bertz CT molecular complexity index is 796. The second-order valence-electron chi connectivity index (χ2n) is 4.99. The third kappa shape index (κ3) is 5.93. The van der Waals surface area contributed by atoms with E-state index in [1.807, 2.05) is 0 Å². The van der Waals surface area contributed by atoms with Crippen LogP contribution in [-0.2, 0) is 9.59 Å². The second-order valence-corrected chi connectivity index (χ2v) is 5.43. The van der Waals surface area contributed by atoms with Crippen LogP contribution in [0.2, 0.25) is 5.02 Å². The molecule has 0 aromatic heterocycles. The van der Waals surface area contributed by atoms with Gasteiger partial charge in [0, 0.05) is 10.7 Å². The number of halogens is 2. The Balaban J connectivity index is 1.88. The van der Waals surface area contributed by atoms with Crippen molar-refractivity contribution in [1.82, 2.24) is 0 Å². The van der Waals surface area contributed by atoms with E-state index in [1.165, 1.54) is 12.1 Å². The van der Waals surface area contributed by atoms with Gasteiger partial charge in [0.2, 0.25) is 11.8 Å². The number of carbonyl (C=O) groups excluding carboxylic acids is 2. The predicted octanol–water partition coefficient (Wildman–Crippen LogP) is 4.01. The lowest BCUT2D eigenvalue weighted by Crippen LogP contribution is -2.16. The summed E-state index contributed by atoms with van der Waals surface area (Å²) < 4.78 is 19.1. The van der Waals surface area contributed by atoms with Gasteiger partial charge in [0.25, 0.3) is 0 Å². The summed E-state index contributed by atoms with van der Waals surface area (Å²) >= 11 is 5.84. The maximum Gasteiger partial charge on any atom is 0.247 e. The monoisotopic (exact) mass is 362 g/mol. The fourth-order valence-corrected chi connectivity index (χ4v) is 2.10. The number of amides is 2. The highest BCUT2D eigenvalue weighted by atomic mass is 35.5. The molecule has 0 unspecified atom stereocenters. The molecule has 0 heterocycles. The van der Waals surface area contributed by atoms with E-state index in [0.29, 0.717) is 16.5 Å². The molecule has 2 N–H and O–H groups in total. The zero-order chi connectivity index (χ0) is 18.2. The summed E-state index contributed by atoms with van der Waals surface area (Å²) in [5.74, 6) is -0.902. The van der Waals surface area contributed by atoms with Gasteiger partial charge in [0.1, 0.15) is 11.6 Å². The van der Waals surface area contributed by atoms with Crippen molar-refractivity contribution in [3.8, 4) is 5.75 Å². The highest BCUT2D eigenvalue weighted by molar-refractivity contribution is 6.30. The van der Waals surface area contributed by atoms with Crippen LogP contribution in [0.15, 0.2) is 55.1 Å². The summed E-state index contributed by atoms with van der Waals surface area (Å²) in [7, 11) is 0. The first kappa shape index (κ1) is 18.5. The van der Waals surface area contributed by atoms with Gasteiger partial charge in [-0.05, 0) is 42.5 Å². The average Bonchev–Trinajstić information content (AvgIpc) is 2.58. The van der Waals surface area contributed by atoms with E-state index in [0.717, 1.165) is 12.1 Å². The van der Waals surface area contributed by atoms with Gasteiger partial charge in [-0.2, -0.15) is 0 Å². The van der Waals surface area contributed by atoms with Gasteiger partial charge < -0.3 is 15.4 Å². The molecule has 0 aliphatic rings. The second kappa shape index (κ2) is 8.84. The van der Waals surface area contributed by atoms with Crippen LogP contribution in [0.3, 0.4) is 0 Å². The number of ether oxygens (including phenoxy) is 1. The molecule has 0 aliphatic carbocycles. The summed E-state index contributed by atoms with van der Waals surface area (Å²) in [6.45, 7) is 3.46. The van der Waals surface area contributed by atoms with Crippen LogP contribution in [0.4, 0.5) is 15.8 Å². The summed E-state index contributed by atoms with van der Waals surface area (Å²) in [4.78, 5) is 23.2. The fraction of sp³-hybridized carbons (Fsp3) is 0.111. The van der Waals surface area contributed by atoms with Gasteiger partial charge in [0.15, 0.2) is 0 Å². The highest BCUT2D eigenvalue weighted by Gasteiger charge is 2.08. The number of hydrogen-bond donors (Lipinski definition) is 2. The molecule has 0 saturated carbocycles.